The van der Waals surface area contributed by atoms with E-state index < -0.39 is 5.60 Å². The number of aldehydes is 1. The first-order chi connectivity index (χ1) is 5.21. The molecule has 0 spiro atoms. The molecule has 0 radical (unpaired) electrons. The van der Waals surface area contributed by atoms with E-state index in [9.17, 15) is 9.59 Å². The van der Waals surface area contributed by atoms with Crippen molar-refractivity contribution >= 4 is 12.1 Å². The molecule has 1 atom stereocenters. The number of ether oxygens (including phenoxy) is 1. The third-order valence-electron chi connectivity index (χ3n) is 1.89. The van der Waals surface area contributed by atoms with Crippen molar-refractivity contribution in [2.24, 2.45) is 0 Å². The van der Waals surface area contributed by atoms with Gasteiger partial charge in [0.1, 0.15) is 6.29 Å². The highest BCUT2D eigenvalue weighted by Gasteiger charge is 2.37. The van der Waals surface area contributed by atoms with Crippen molar-refractivity contribution in [2.45, 2.75) is 25.4 Å². The predicted molar refractivity (Wildman–Crippen MR) is 38.9 cm³/mol. The Kier molecular flexibility index (Phi) is 2.08. The third kappa shape index (κ3) is 1.31. The Morgan fingerprint density at radius 2 is 2.55 bits per heavy atom. The minimum absolute atomic E-state index is 0.0883. The molecule has 0 saturated heterocycles. The van der Waals surface area contributed by atoms with Crippen LogP contribution >= 0.6 is 0 Å². The molecule has 1 aliphatic rings. The Labute approximate surface area is 65.0 Å². The van der Waals surface area contributed by atoms with E-state index in [1.165, 1.54) is 13.2 Å². The molecule has 11 heavy (non-hydrogen) atoms. The van der Waals surface area contributed by atoms with Gasteiger partial charge in [-0.1, -0.05) is 0 Å². The van der Waals surface area contributed by atoms with Gasteiger partial charge in [0, 0.05) is 6.42 Å². The second-order valence-electron chi connectivity index (χ2n) is 2.62. The van der Waals surface area contributed by atoms with E-state index in [0.717, 1.165) is 0 Å². The van der Waals surface area contributed by atoms with Gasteiger partial charge in [-0.25, -0.2) is 0 Å². The zero-order valence-corrected chi connectivity index (χ0v) is 6.37. The first kappa shape index (κ1) is 7.98. The zero-order chi connectivity index (χ0) is 8.32. The summed E-state index contributed by atoms with van der Waals surface area (Å²) in [5, 5.41) is 0. The van der Waals surface area contributed by atoms with Crippen LogP contribution in [0, 0.1) is 0 Å². The maximum absolute atomic E-state index is 11.0. The summed E-state index contributed by atoms with van der Waals surface area (Å²) in [5.41, 5.74) is -0.873. The molecule has 0 aromatic rings. The lowest BCUT2D eigenvalue weighted by Crippen LogP contribution is -2.36. The fourth-order valence-corrected chi connectivity index (χ4v) is 1.10. The van der Waals surface area contributed by atoms with Crippen LogP contribution in [0.3, 0.4) is 0 Å². The molecule has 0 fully saturated rings. The SMILES string of the molecule is CC(=O)C1(CC=O)CC=CO1. The average molecular weight is 154 g/mol. The minimum Gasteiger partial charge on any atom is -0.487 e. The summed E-state index contributed by atoms with van der Waals surface area (Å²) in [6.45, 7) is 1.44. The molecule has 0 N–H and O–H groups in total. The van der Waals surface area contributed by atoms with E-state index in [-0.39, 0.29) is 12.2 Å². The number of ketones is 1. The Bertz CT molecular complexity index is 197. The molecule has 0 amide bonds. The summed E-state index contributed by atoms with van der Waals surface area (Å²) in [6.07, 6.45) is 4.61. The summed E-state index contributed by atoms with van der Waals surface area (Å²) in [4.78, 5) is 21.2. The Balaban J connectivity index is 2.72. The zero-order valence-electron chi connectivity index (χ0n) is 6.37. The first-order valence-electron chi connectivity index (χ1n) is 3.49. The largest absolute Gasteiger partial charge is 0.487 e. The highest BCUT2D eigenvalue weighted by atomic mass is 16.5. The topological polar surface area (TPSA) is 43.4 Å². The number of Topliss-reactive ketones (excluding diaryl/α,β-unsaturated/α-hetero) is 1. The predicted octanol–water partition coefficient (Wildman–Crippen LogP) is 0.837. The van der Waals surface area contributed by atoms with Crippen LogP contribution in [0.2, 0.25) is 0 Å². The number of hydrogen-bond acceptors (Lipinski definition) is 3. The molecular formula is C8H10O3. The quantitative estimate of drug-likeness (QED) is 0.565. The number of rotatable bonds is 3. The highest BCUT2D eigenvalue weighted by Crippen LogP contribution is 2.26. The van der Waals surface area contributed by atoms with Crippen LogP contribution in [-0.4, -0.2) is 17.7 Å². The highest BCUT2D eigenvalue weighted by molar-refractivity contribution is 5.88. The third-order valence-corrected chi connectivity index (χ3v) is 1.89. The van der Waals surface area contributed by atoms with Gasteiger partial charge in [0.15, 0.2) is 11.4 Å². The summed E-state index contributed by atoms with van der Waals surface area (Å²) in [7, 11) is 0. The number of carbonyl (C=O) groups excluding carboxylic acids is 2. The summed E-state index contributed by atoms with van der Waals surface area (Å²) < 4.78 is 5.08. The van der Waals surface area contributed by atoms with E-state index in [0.29, 0.717) is 12.7 Å². The fraction of sp³-hybridized carbons (Fsp3) is 0.500. The number of hydrogen-bond donors (Lipinski definition) is 0. The monoisotopic (exact) mass is 154 g/mol. The van der Waals surface area contributed by atoms with Gasteiger partial charge in [-0.15, -0.1) is 0 Å². The molecule has 1 unspecified atom stereocenters. The Hall–Kier alpha value is -1.12. The van der Waals surface area contributed by atoms with Crippen LogP contribution in [0.5, 0.6) is 0 Å². The van der Waals surface area contributed by atoms with Gasteiger partial charge in [-0.05, 0) is 13.0 Å². The molecule has 0 aromatic carbocycles. The van der Waals surface area contributed by atoms with Crippen LogP contribution < -0.4 is 0 Å². The molecule has 0 saturated carbocycles. The molecule has 3 heteroatoms. The second-order valence-corrected chi connectivity index (χ2v) is 2.62. The average Bonchev–Trinajstić information content (AvgIpc) is 2.38. The van der Waals surface area contributed by atoms with E-state index in [1.54, 1.807) is 6.08 Å². The Morgan fingerprint density at radius 1 is 1.82 bits per heavy atom. The summed E-state index contributed by atoms with van der Waals surface area (Å²) in [6, 6.07) is 0. The smallest absolute Gasteiger partial charge is 0.175 e. The van der Waals surface area contributed by atoms with Crippen LogP contribution in [0.1, 0.15) is 19.8 Å². The molecule has 60 valence electrons. The maximum atomic E-state index is 11.0. The molecule has 1 rings (SSSR count). The molecular weight excluding hydrogens is 144 g/mol. The lowest BCUT2D eigenvalue weighted by atomic mass is 9.93. The molecule has 1 heterocycles. The first-order valence-corrected chi connectivity index (χ1v) is 3.49. The van der Waals surface area contributed by atoms with Gasteiger partial charge < -0.3 is 9.53 Å². The fourth-order valence-electron chi connectivity index (χ4n) is 1.10. The van der Waals surface area contributed by atoms with Crippen molar-refractivity contribution in [1.29, 1.82) is 0 Å². The van der Waals surface area contributed by atoms with Gasteiger partial charge >= 0.3 is 0 Å². The molecule has 0 bridgehead atoms. The van der Waals surface area contributed by atoms with Crippen molar-refractivity contribution < 1.29 is 14.3 Å². The van der Waals surface area contributed by atoms with Crippen molar-refractivity contribution in [3.05, 3.63) is 12.3 Å². The van der Waals surface area contributed by atoms with E-state index in [4.69, 9.17) is 4.74 Å². The molecule has 3 nitrogen and oxygen atoms in total. The van der Waals surface area contributed by atoms with Gasteiger partial charge in [0.05, 0.1) is 12.7 Å². The van der Waals surface area contributed by atoms with Crippen LogP contribution in [0.25, 0.3) is 0 Å². The summed E-state index contributed by atoms with van der Waals surface area (Å²) in [5.74, 6) is -0.0883. The van der Waals surface area contributed by atoms with Crippen LogP contribution in [0.4, 0.5) is 0 Å². The molecule has 0 aromatic heterocycles. The van der Waals surface area contributed by atoms with Crippen molar-refractivity contribution in [1.82, 2.24) is 0 Å². The Morgan fingerprint density at radius 3 is 2.91 bits per heavy atom. The number of carbonyl (C=O) groups is 2. The standard InChI is InChI=1S/C8H10O3/c1-7(10)8(4-5-9)3-2-6-11-8/h2,5-6H,3-4H2,1H3. The van der Waals surface area contributed by atoms with Crippen molar-refractivity contribution in [2.75, 3.05) is 0 Å². The van der Waals surface area contributed by atoms with Gasteiger partial charge in [-0.2, -0.15) is 0 Å². The lowest BCUT2D eigenvalue weighted by Gasteiger charge is -2.22. The summed E-state index contributed by atoms with van der Waals surface area (Å²) >= 11 is 0. The van der Waals surface area contributed by atoms with Gasteiger partial charge in [0.2, 0.25) is 0 Å². The van der Waals surface area contributed by atoms with Crippen molar-refractivity contribution in [3.8, 4) is 0 Å². The maximum Gasteiger partial charge on any atom is 0.175 e. The van der Waals surface area contributed by atoms with Crippen molar-refractivity contribution in [3.63, 3.8) is 0 Å². The minimum atomic E-state index is -0.873. The van der Waals surface area contributed by atoms with E-state index in [1.807, 2.05) is 0 Å². The van der Waals surface area contributed by atoms with Crippen LogP contribution in [0.15, 0.2) is 12.3 Å². The van der Waals surface area contributed by atoms with Gasteiger partial charge in [0.25, 0.3) is 0 Å². The van der Waals surface area contributed by atoms with E-state index >= 15 is 0 Å². The second kappa shape index (κ2) is 2.86. The normalized spacial score (nSPS) is 28.1. The van der Waals surface area contributed by atoms with E-state index in [2.05, 4.69) is 0 Å². The van der Waals surface area contributed by atoms with Gasteiger partial charge in [-0.3, -0.25) is 4.79 Å². The molecule has 1 aliphatic heterocycles. The molecule has 0 aliphatic carbocycles. The van der Waals surface area contributed by atoms with Crippen LogP contribution in [-0.2, 0) is 14.3 Å². The lowest BCUT2D eigenvalue weighted by molar-refractivity contribution is -0.137.